The summed E-state index contributed by atoms with van der Waals surface area (Å²) in [5.41, 5.74) is 4.12. The summed E-state index contributed by atoms with van der Waals surface area (Å²) >= 11 is 0. The van der Waals surface area contributed by atoms with Gasteiger partial charge in [0.2, 0.25) is 0 Å². The number of rotatable bonds is 13. The highest BCUT2D eigenvalue weighted by Crippen LogP contribution is 2.23. The molecule has 0 saturated heterocycles. The van der Waals surface area contributed by atoms with E-state index in [2.05, 4.69) is 44.7 Å². The summed E-state index contributed by atoms with van der Waals surface area (Å²) in [6.45, 7) is 8.94. The molecule has 0 saturated carbocycles. The molecule has 0 aromatic heterocycles. The van der Waals surface area contributed by atoms with Crippen LogP contribution in [0.4, 0.5) is 0 Å². The molecular weight excluding hydrogens is 420 g/mol. The number of aryl methyl sites for hydroxylation is 1. The van der Waals surface area contributed by atoms with E-state index in [4.69, 9.17) is 9.47 Å². The normalized spacial score (nSPS) is 11.6. The smallest absolute Gasteiger partial charge is 0.343 e. The molecule has 34 heavy (non-hydrogen) atoms. The van der Waals surface area contributed by atoms with Gasteiger partial charge in [-0.25, -0.2) is 4.79 Å². The highest BCUT2D eigenvalue weighted by molar-refractivity contribution is 5.91. The minimum Gasteiger partial charge on any atom is -0.494 e. The molecule has 3 rings (SSSR count). The zero-order chi connectivity index (χ0) is 24.2. The fraction of sp³-hybridized carbons (Fsp3) is 0.323. The maximum Gasteiger partial charge on any atom is 0.343 e. The molecule has 0 radical (unpaired) electrons. The molecule has 1 atom stereocenters. The van der Waals surface area contributed by atoms with Crippen LogP contribution in [0.5, 0.6) is 11.5 Å². The van der Waals surface area contributed by atoms with E-state index < -0.39 is 0 Å². The first-order chi connectivity index (χ1) is 16.6. The predicted octanol–water partition coefficient (Wildman–Crippen LogP) is 8.29. The minimum atomic E-state index is -0.370. The van der Waals surface area contributed by atoms with Gasteiger partial charge in [0.15, 0.2) is 0 Å². The van der Waals surface area contributed by atoms with Crippen molar-refractivity contribution in [3.05, 3.63) is 96.6 Å². The van der Waals surface area contributed by atoms with Crippen LogP contribution in [-0.2, 0) is 6.42 Å². The number of allylic oxidation sites excluding steroid dienone is 1. The molecule has 0 N–H and O–H groups in total. The molecule has 0 fully saturated rings. The maximum absolute atomic E-state index is 12.6. The highest BCUT2D eigenvalue weighted by Gasteiger charge is 2.10. The molecule has 178 valence electrons. The van der Waals surface area contributed by atoms with Gasteiger partial charge in [-0.05, 0) is 91.1 Å². The van der Waals surface area contributed by atoms with Crippen molar-refractivity contribution in [1.29, 1.82) is 0 Å². The minimum absolute atomic E-state index is 0.370. The van der Waals surface area contributed by atoms with E-state index in [-0.39, 0.29) is 5.97 Å². The number of ether oxygens (including phenoxy) is 2. The van der Waals surface area contributed by atoms with E-state index >= 15 is 0 Å². The summed E-state index contributed by atoms with van der Waals surface area (Å²) in [5.74, 6) is 1.66. The van der Waals surface area contributed by atoms with Gasteiger partial charge in [-0.15, -0.1) is 6.58 Å². The van der Waals surface area contributed by atoms with Crippen LogP contribution in [0.3, 0.4) is 0 Å². The molecule has 0 heterocycles. The van der Waals surface area contributed by atoms with Crippen molar-refractivity contribution >= 4 is 5.97 Å². The maximum atomic E-state index is 12.6. The number of unbranched alkanes of at least 4 members (excludes halogenated alkanes) is 2. The van der Waals surface area contributed by atoms with Crippen LogP contribution in [0.2, 0.25) is 0 Å². The Morgan fingerprint density at radius 3 is 2.12 bits per heavy atom. The van der Waals surface area contributed by atoms with Gasteiger partial charge in [0, 0.05) is 0 Å². The van der Waals surface area contributed by atoms with Gasteiger partial charge in [-0.1, -0.05) is 62.7 Å². The van der Waals surface area contributed by atoms with Gasteiger partial charge in [0.05, 0.1) is 12.2 Å². The number of hydrogen-bond acceptors (Lipinski definition) is 3. The SMILES string of the molecule is C=CCCCCOc1ccc(OC(=O)c2ccc(-c3ccc(CC[C@@H](C)CC)cc3)cc2)cc1. The van der Waals surface area contributed by atoms with E-state index in [1.165, 1.54) is 18.4 Å². The molecule has 3 heteroatoms. The van der Waals surface area contributed by atoms with Crippen LogP contribution in [0.1, 0.15) is 61.9 Å². The average Bonchev–Trinajstić information content (AvgIpc) is 2.88. The molecule has 0 aliphatic carbocycles. The van der Waals surface area contributed by atoms with Crippen molar-refractivity contribution in [2.24, 2.45) is 5.92 Å². The Morgan fingerprint density at radius 1 is 0.882 bits per heavy atom. The first-order valence-electron chi connectivity index (χ1n) is 12.3. The summed E-state index contributed by atoms with van der Waals surface area (Å²) in [6.07, 6.45) is 8.54. The first kappa shape index (κ1) is 25.3. The summed E-state index contributed by atoms with van der Waals surface area (Å²) in [5, 5.41) is 0. The molecule has 0 aliphatic heterocycles. The fourth-order valence-corrected chi connectivity index (χ4v) is 3.63. The molecular formula is C31H36O3. The Kier molecular flexibility index (Phi) is 9.97. The van der Waals surface area contributed by atoms with Gasteiger partial charge >= 0.3 is 5.97 Å². The van der Waals surface area contributed by atoms with Crippen LogP contribution >= 0.6 is 0 Å². The predicted molar refractivity (Wildman–Crippen MR) is 141 cm³/mol. The van der Waals surface area contributed by atoms with E-state index in [0.29, 0.717) is 17.9 Å². The Morgan fingerprint density at radius 2 is 1.50 bits per heavy atom. The Hall–Kier alpha value is -3.33. The monoisotopic (exact) mass is 456 g/mol. The van der Waals surface area contributed by atoms with Gasteiger partial charge in [0.25, 0.3) is 0 Å². The van der Waals surface area contributed by atoms with Crippen LogP contribution in [0.15, 0.2) is 85.5 Å². The molecule has 3 nitrogen and oxygen atoms in total. The molecule has 0 amide bonds. The number of carbonyl (C=O) groups is 1. The Balaban J connectivity index is 1.51. The van der Waals surface area contributed by atoms with Gasteiger partial charge < -0.3 is 9.47 Å². The quantitative estimate of drug-likeness (QED) is 0.112. The van der Waals surface area contributed by atoms with Crippen molar-refractivity contribution in [3.8, 4) is 22.6 Å². The summed E-state index contributed by atoms with van der Waals surface area (Å²) < 4.78 is 11.2. The Labute approximate surface area is 204 Å². The zero-order valence-electron chi connectivity index (χ0n) is 20.5. The van der Waals surface area contributed by atoms with E-state index in [0.717, 1.165) is 48.5 Å². The lowest BCUT2D eigenvalue weighted by Gasteiger charge is -2.09. The molecule has 3 aromatic carbocycles. The topological polar surface area (TPSA) is 35.5 Å². The number of esters is 1. The highest BCUT2D eigenvalue weighted by atomic mass is 16.5. The average molecular weight is 457 g/mol. The second-order valence-corrected chi connectivity index (χ2v) is 8.82. The van der Waals surface area contributed by atoms with Gasteiger partial charge in [0.1, 0.15) is 11.5 Å². The van der Waals surface area contributed by atoms with Crippen molar-refractivity contribution in [2.75, 3.05) is 6.61 Å². The van der Waals surface area contributed by atoms with Crippen molar-refractivity contribution < 1.29 is 14.3 Å². The molecule has 0 unspecified atom stereocenters. The van der Waals surface area contributed by atoms with E-state index in [9.17, 15) is 4.79 Å². The second kappa shape index (κ2) is 13.4. The van der Waals surface area contributed by atoms with E-state index in [1.807, 2.05) is 42.5 Å². The summed E-state index contributed by atoms with van der Waals surface area (Å²) in [6, 6.07) is 23.4. The van der Waals surface area contributed by atoms with Crippen LogP contribution < -0.4 is 9.47 Å². The lowest BCUT2D eigenvalue weighted by atomic mass is 9.97. The summed E-state index contributed by atoms with van der Waals surface area (Å²) in [4.78, 5) is 12.6. The van der Waals surface area contributed by atoms with Crippen LogP contribution in [0, 0.1) is 5.92 Å². The van der Waals surface area contributed by atoms with Crippen LogP contribution in [0.25, 0.3) is 11.1 Å². The van der Waals surface area contributed by atoms with Gasteiger partial charge in [-0.3, -0.25) is 0 Å². The number of hydrogen-bond donors (Lipinski definition) is 0. The Bertz CT molecular complexity index is 1020. The molecule has 0 aliphatic rings. The zero-order valence-corrected chi connectivity index (χ0v) is 20.5. The first-order valence-corrected chi connectivity index (χ1v) is 12.3. The third-order valence-corrected chi connectivity index (χ3v) is 6.14. The van der Waals surface area contributed by atoms with Crippen molar-refractivity contribution in [1.82, 2.24) is 0 Å². The third kappa shape index (κ3) is 7.91. The lowest BCUT2D eigenvalue weighted by Crippen LogP contribution is -2.08. The van der Waals surface area contributed by atoms with Crippen molar-refractivity contribution in [3.63, 3.8) is 0 Å². The standard InChI is InChI=1S/C31H36O3/c1-4-6-7-8-23-33-29-19-21-30(22-20-29)34-31(32)28-17-15-27(16-18-28)26-13-11-25(12-14-26)10-9-24(3)5-2/h4,11-22,24H,1,5-10,23H2,2-3H3/t24-/m0/s1. The fourth-order valence-electron chi connectivity index (χ4n) is 3.63. The molecule has 0 spiro atoms. The largest absolute Gasteiger partial charge is 0.494 e. The van der Waals surface area contributed by atoms with Crippen LogP contribution in [-0.4, -0.2) is 12.6 Å². The number of carbonyl (C=O) groups excluding carboxylic acids is 1. The molecule has 3 aromatic rings. The molecule has 0 bridgehead atoms. The van der Waals surface area contributed by atoms with E-state index in [1.54, 1.807) is 12.1 Å². The van der Waals surface area contributed by atoms with Crippen molar-refractivity contribution in [2.45, 2.75) is 52.4 Å². The lowest BCUT2D eigenvalue weighted by molar-refractivity contribution is 0.0734. The summed E-state index contributed by atoms with van der Waals surface area (Å²) in [7, 11) is 0. The second-order valence-electron chi connectivity index (χ2n) is 8.82. The number of benzene rings is 3. The third-order valence-electron chi connectivity index (χ3n) is 6.14. The van der Waals surface area contributed by atoms with Gasteiger partial charge in [-0.2, -0.15) is 0 Å².